The predicted molar refractivity (Wildman–Crippen MR) is 100 cm³/mol. The highest BCUT2D eigenvalue weighted by molar-refractivity contribution is 5.73. The van der Waals surface area contributed by atoms with Crippen molar-refractivity contribution in [3.05, 3.63) is 0 Å². The predicted octanol–water partition coefficient (Wildman–Crippen LogP) is -6.45. The first-order chi connectivity index (χ1) is 15.9. The molecule has 3 rings (SSSR count). The summed E-state index contributed by atoms with van der Waals surface area (Å²) in [5.74, 6) is -1.66. The van der Waals surface area contributed by atoms with Gasteiger partial charge in [0.2, 0.25) is 0 Å². The molecule has 10 N–H and O–H groups in total. The van der Waals surface area contributed by atoms with Crippen LogP contribution < -0.4 is 0 Å². The molecule has 16 nitrogen and oxygen atoms in total. The molecule has 0 aromatic heterocycles. The van der Waals surface area contributed by atoms with Crippen LogP contribution in [-0.4, -0.2) is 156 Å². The van der Waals surface area contributed by atoms with E-state index in [0.29, 0.717) is 0 Å². The van der Waals surface area contributed by atoms with Gasteiger partial charge in [0.05, 0.1) is 12.7 Å². The Labute approximate surface area is 192 Å². The van der Waals surface area contributed by atoms with Gasteiger partial charge in [-0.15, -0.1) is 0 Å². The molecule has 3 aliphatic rings. The van der Waals surface area contributed by atoms with Crippen molar-refractivity contribution in [3.8, 4) is 0 Å². The van der Waals surface area contributed by atoms with Crippen molar-refractivity contribution in [1.29, 1.82) is 0 Å². The lowest BCUT2D eigenvalue weighted by Gasteiger charge is -2.47. The molecule has 0 bridgehead atoms. The number of aliphatic hydroxyl groups is 9. The summed E-state index contributed by atoms with van der Waals surface area (Å²) in [4.78, 5) is 11.3. The van der Waals surface area contributed by atoms with Gasteiger partial charge in [0.15, 0.2) is 25.0 Å². The van der Waals surface area contributed by atoms with Crippen LogP contribution in [0.5, 0.6) is 0 Å². The maximum atomic E-state index is 11.3. The van der Waals surface area contributed by atoms with Gasteiger partial charge in [-0.2, -0.15) is 0 Å². The minimum absolute atomic E-state index is 0.765. The van der Waals surface area contributed by atoms with E-state index in [-0.39, 0.29) is 0 Å². The lowest BCUT2D eigenvalue weighted by Crippen LogP contribution is -2.66. The van der Waals surface area contributed by atoms with Crippen LogP contribution in [0.1, 0.15) is 6.92 Å². The van der Waals surface area contributed by atoms with E-state index in [1.165, 1.54) is 6.92 Å². The maximum Gasteiger partial charge on any atom is 0.335 e. The van der Waals surface area contributed by atoms with Gasteiger partial charge in [0, 0.05) is 0 Å². The van der Waals surface area contributed by atoms with Crippen molar-refractivity contribution in [2.24, 2.45) is 0 Å². The van der Waals surface area contributed by atoms with Gasteiger partial charge in [-0.3, -0.25) is 0 Å². The van der Waals surface area contributed by atoms with Crippen LogP contribution in [0.15, 0.2) is 0 Å². The first kappa shape index (κ1) is 27.5. The molecule has 0 spiro atoms. The van der Waals surface area contributed by atoms with Crippen LogP contribution >= 0.6 is 0 Å². The molecular weight excluding hydrogens is 472 g/mol. The maximum absolute atomic E-state index is 11.3. The minimum Gasteiger partial charge on any atom is -0.479 e. The molecule has 0 aromatic carbocycles. The van der Waals surface area contributed by atoms with Gasteiger partial charge >= 0.3 is 5.97 Å². The molecule has 0 amide bonds. The summed E-state index contributed by atoms with van der Waals surface area (Å²) in [5, 5.41) is 99.1. The zero-order chi connectivity index (χ0) is 25.5. The van der Waals surface area contributed by atoms with Crippen LogP contribution in [0.2, 0.25) is 0 Å². The van der Waals surface area contributed by atoms with Gasteiger partial charge in [-0.25, -0.2) is 4.79 Å². The first-order valence-electron chi connectivity index (χ1n) is 10.4. The van der Waals surface area contributed by atoms with E-state index in [1.807, 2.05) is 0 Å². The summed E-state index contributed by atoms with van der Waals surface area (Å²) in [5.41, 5.74) is 0. The first-order valence-corrected chi connectivity index (χ1v) is 10.4. The summed E-state index contributed by atoms with van der Waals surface area (Å²) in [6.45, 7) is 0.581. The van der Waals surface area contributed by atoms with Crippen molar-refractivity contribution in [3.63, 3.8) is 0 Å². The summed E-state index contributed by atoms with van der Waals surface area (Å²) in [7, 11) is 0. The summed E-state index contributed by atoms with van der Waals surface area (Å²) in [6.07, 6.45) is -26.2. The molecule has 198 valence electrons. The monoisotopic (exact) mass is 502 g/mol. The molecule has 3 heterocycles. The van der Waals surface area contributed by atoms with Crippen molar-refractivity contribution >= 4 is 5.97 Å². The number of ether oxygens (including phenoxy) is 5. The highest BCUT2D eigenvalue weighted by Crippen LogP contribution is 2.32. The average molecular weight is 502 g/mol. The second-order valence-corrected chi connectivity index (χ2v) is 8.36. The molecule has 0 aliphatic carbocycles. The fourth-order valence-electron chi connectivity index (χ4n) is 4.00. The molecule has 34 heavy (non-hydrogen) atoms. The van der Waals surface area contributed by atoms with E-state index in [1.54, 1.807) is 0 Å². The number of carbonyl (C=O) groups is 1. The second-order valence-electron chi connectivity index (χ2n) is 8.36. The van der Waals surface area contributed by atoms with Crippen molar-refractivity contribution in [2.45, 2.75) is 99.0 Å². The van der Waals surface area contributed by atoms with Crippen LogP contribution in [0.25, 0.3) is 0 Å². The molecule has 16 heteroatoms. The molecule has 3 saturated heterocycles. The normalized spacial score (nSPS) is 52.4. The fraction of sp³-hybridized carbons (Fsp3) is 0.944. The van der Waals surface area contributed by atoms with E-state index in [2.05, 4.69) is 0 Å². The van der Waals surface area contributed by atoms with Crippen LogP contribution in [-0.2, 0) is 28.5 Å². The zero-order valence-corrected chi connectivity index (χ0v) is 17.8. The molecular formula is C18H30O16. The van der Waals surface area contributed by atoms with Crippen molar-refractivity contribution in [2.75, 3.05) is 6.61 Å². The number of carboxylic acid groups (broad SMARTS) is 1. The molecule has 3 aliphatic heterocycles. The Kier molecular flexibility index (Phi) is 8.81. The number of rotatable bonds is 6. The molecule has 0 radical (unpaired) electrons. The third-order valence-corrected chi connectivity index (χ3v) is 6.01. The van der Waals surface area contributed by atoms with E-state index in [9.17, 15) is 55.9 Å². The topological polar surface area (TPSA) is 266 Å². The van der Waals surface area contributed by atoms with Crippen molar-refractivity contribution < 1.29 is 79.5 Å². The Bertz CT molecular complexity index is 693. The van der Waals surface area contributed by atoms with Crippen LogP contribution in [0.3, 0.4) is 0 Å². The smallest absolute Gasteiger partial charge is 0.335 e. The lowest BCUT2D eigenvalue weighted by atomic mass is 9.96. The molecule has 0 aromatic rings. The fourth-order valence-corrected chi connectivity index (χ4v) is 4.00. The number of hydrogen-bond donors (Lipinski definition) is 10. The van der Waals surface area contributed by atoms with E-state index >= 15 is 0 Å². The molecule has 3 fully saturated rings. The van der Waals surface area contributed by atoms with E-state index in [4.69, 9.17) is 23.7 Å². The Hall–Kier alpha value is -1.09. The van der Waals surface area contributed by atoms with E-state index < -0.39 is 105 Å². The summed E-state index contributed by atoms with van der Waals surface area (Å²) < 4.78 is 26.5. The highest BCUT2D eigenvalue weighted by atomic mass is 16.8. The SMILES string of the molecule is C[C@@H]1O[C@@H](O)[C@H](O)[C@H](O[C@H]2O[C@H](CO)[C@H](O)[C@H](O)[C@H]2O)[C@H]1O[C@@H]1O[C@H](C(=O)O)[C@@H](O)[C@H](O)[C@H]1O. The van der Waals surface area contributed by atoms with Gasteiger partial charge < -0.3 is 74.7 Å². The number of aliphatic hydroxyl groups excluding tert-OH is 9. The largest absolute Gasteiger partial charge is 0.479 e. The number of aliphatic carboxylic acids is 1. The van der Waals surface area contributed by atoms with Crippen LogP contribution in [0, 0.1) is 0 Å². The number of carboxylic acids is 1. The Morgan fingerprint density at radius 1 is 0.706 bits per heavy atom. The zero-order valence-electron chi connectivity index (χ0n) is 17.8. The number of hydrogen-bond acceptors (Lipinski definition) is 15. The van der Waals surface area contributed by atoms with Gasteiger partial charge in [-0.1, -0.05) is 0 Å². The summed E-state index contributed by atoms with van der Waals surface area (Å²) >= 11 is 0. The lowest BCUT2D eigenvalue weighted by molar-refractivity contribution is -0.378. The summed E-state index contributed by atoms with van der Waals surface area (Å²) in [6, 6.07) is 0. The van der Waals surface area contributed by atoms with Gasteiger partial charge in [0.25, 0.3) is 0 Å². The van der Waals surface area contributed by atoms with Crippen LogP contribution in [0.4, 0.5) is 0 Å². The highest BCUT2D eigenvalue weighted by Gasteiger charge is 2.53. The van der Waals surface area contributed by atoms with E-state index in [0.717, 1.165) is 0 Å². The quantitative estimate of drug-likeness (QED) is 0.162. The minimum atomic E-state index is -1.99. The Balaban J connectivity index is 1.82. The second kappa shape index (κ2) is 10.9. The van der Waals surface area contributed by atoms with Crippen molar-refractivity contribution in [1.82, 2.24) is 0 Å². The molecule has 0 unspecified atom stereocenters. The molecule has 15 atom stereocenters. The van der Waals surface area contributed by atoms with Gasteiger partial charge in [-0.05, 0) is 6.92 Å². The third kappa shape index (κ3) is 5.20. The third-order valence-electron chi connectivity index (χ3n) is 6.01. The van der Waals surface area contributed by atoms with Gasteiger partial charge in [0.1, 0.15) is 61.0 Å². The molecule has 0 saturated carbocycles. The Morgan fingerprint density at radius 2 is 1.24 bits per heavy atom. The Morgan fingerprint density at radius 3 is 1.79 bits per heavy atom. The average Bonchev–Trinajstić information content (AvgIpc) is 2.79. The standard InChI is InChI=1S/C18H30O16/c1-3-12(32-18-10(25)7(22)8(23)14(34-18)15(27)28)13(11(26)16(29)30-3)33-17-9(24)6(21)5(20)4(2-19)31-17/h3-14,16-26,29H,2H2,1H3,(H,27,28)/t3-,4+,5-,6-,7-,8-,9+,10+,11+,12-,13-,14-,16+,17+,18+/m0/s1.